The monoisotopic (exact) mass is 371 g/mol. The molecular weight excluding hydrogens is 351 g/mol. The number of nitrogens with one attached hydrogen (secondary N) is 2. The second kappa shape index (κ2) is 8.61. The summed E-state index contributed by atoms with van der Waals surface area (Å²) in [6.07, 6.45) is -1.06. The molecule has 0 unspecified atom stereocenters. The van der Waals surface area contributed by atoms with Crippen molar-refractivity contribution in [2.75, 3.05) is 12.4 Å². The van der Waals surface area contributed by atoms with E-state index in [-0.39, 0.29) is 12.4 Å². The number of hydrogen-bond acceptors (Lipinski definition) is 5. The SMILES string of the molecule is CNc1cccc(C2CC2)c1OCc1cc(C(F)(F)F)co1.NNC=O. The van der Waals surface area contributed by atoms with Gasteiger partial charge in [-0.2, -0.15) is 13.2 Å². The smallest absolute Gasteiger partial charge is 0.419 e. The van der Waals surface area contributed by atoms with Crippen LogP contribution in [0.3, 0.4) is 0 Å². The highest BCUT2D eigenvalue weighted by molar-refractivity contribution is 5.61. The fraction of sp³-hybridized carbons (Fsp3) is 0.353. The molecule has 2 aromatic rings. The highest BCUT2D eigenvalue weighted by atomic mass is 19.4. The van der Waals surface area contributed by atoms with E-state index < -0.39 is 11.7 Å². The number of hydrazine groups is 1. The van der Waals surface area contributed by atoms with Gasteiger partial charge in [-0.3, -0.25) is 10.2 Å². The number of hydrogen-bond donors (Lipinski definition) is 3. The second-order valence-corrected chi connectivity index (χ2v) is 5.62. The molecule has 1 amide bonds. The summed E-state index contributed by atoms with van der Waals surface area (Å²) in [7, 11) is 1.79. The molecule has 1 heterocycles. The quantitative estimate of drug-likeness (QED) is 0.313. The molecular formula is C17H20F3N3O3. The first-order chi connectivity index (χ1) is 12.4. The van der Waals surface area contributed by atoms with Gasteiger partial charge in [-0.15, -0.1) is 0 Å². The zero-order valence-corrected chi connectivity index (χ0v) is 14.1. The molecule has 1 aliphatic rings. The molecule has 9 heteroatoms. The van der Waals surface area contributed by atoms with E-state index in [0.29, 0.717) is 24.3 Å². The lowest BCUT2D eigenvalue weighted by molar-refractivity contribution is -0.137. The average molecular weight is 371 g/mol. The van der Waals surface area contributed by atoms with Crippen molar-refractivity contribution in [1.82, 2.24) is 5.43 Å². The number of halogens is 3. The van der Waals surface area contributed by atoms with Gasteiger partial charge in [0, 0.05) is 7.05 Å². The average Bonchev–Trinajstić information content (AvgIpc) is 3.35. The van der Waals surface area contributed by atoms with Crippen molar-refractivity contribution in [2.24, 2.45) is 5.84 Å². The van der Waals surface area contributed by atoms with Gasteiger partial charge in [0.25, 0.3) is 0 Å². The van der Waals surface area contributed by atoms with Gasteiger partial charge in [0.15, 0.2) is 0 Å². The number of ether oxygens (including phenoxy) is 1. The van der Waals surface area contributed by atoms with Crippen LogP contribution < -0.4 is 21.3 Å². The maximum Gasteiger partial charge on any atom is 0.419 e. The van der Waals surface area contributed by atoms with Crippen LogP contribution in [0, 0.1) is 0 Å². The van der Waals surface area contributed by atoms with Gasteiger partial charge in [-0.1, -0.05) is 12.1 Å². The first-order valence-corrected chi connectivity index (χ1v) is 7.88. The van der Waals surface area contributed by atoms with Crippen LogP contribution in [0.4, 0.5) is 18.9 Å². The summed E-state index contributed by atoms with van der Waals surface area (Å²) in [5.74, 6) is 5.73. The zero-order valence-electron chi connectivity index (χ0n) is 14.1. The number of para-hydroxylation sites is 1. The van der Waals surface area contributed by atoms with Crippen molar-refractivity contribution < 1.29 is 27.1 Å². The lowest BCUT2D eigenvalue weighted by Crippen LogP contribution is -2.18. The minimum absolute atomic E-state index is 0.0332. The van der Waals surface area contributed by atoms with Gasteiger partial charge in [0.05, 0.1) is 11.3 Å². The number of nitrogens with two attached hydrogens (primary N) is 1. The third-order valence-electron chi connectivity index (χ3n) is 3.74. The molecule has 0 saturated heterocycles. The van der Waals surface area contributed by atoms with Gasteiger partial charge in [0.2, 0.25) is 6.41 Å². The highest BCUT2D eigenvalue weighted by Gasteiger charge is 2.33. The number of anilines is 1. The summed E-state index contributed by atoms with van der Waals surface area (Å²) < 4.78 is 48.3. The second-order valence-electron chi connectivity index (χ2n) is 5.62. The molecule has 4 N–H and O–H groups in total. The van der Waals surface area contributed by atoms with Crippen molar-refractivity contribution in [3.05, 3.63) is 47.4 Å². The Bertz CT molecular complexity index is 728. The number of carbonyl (C=O) groups excluding carboxylic acids is 1. The molecule has 1 aliphatic carbocycles. The van der Waals surface area contributed by atoms with Crippen LogP contribution in [0.15, 0.2) is 34.9 Å². The Kier molecular flexibility index (Phi) is 6.51. The summed E-state index contributed by atoms with van der Waals surface area (Å²) in [4.78, 5) is 8.94. The Morgan fingerprint density at radius 2 is 2.08 bits per heavy atom. The van der Waals surface area contributed by atoms with Crippen molar-refractivity contribution in [1.29, 1.82) is 0 Å². The number of amides is 1. The van der Waals surface area contributed by atoms with E-state index in [0.717, 1.165) is 30.2 Å². The van der Waals surface area contributed by atoms with E-state index in [4.69, 9.17) is 13.9 Å². The van der Waals surface area contributed by atoms with Crippen LogP contribution in [-0.4, -0.2) is 13.5 Å². The van der Waals surface area contributed by atoms with Crippen molar-refractivity contribution in [2.45, 2.75) is 31.5 Å². The first kappa shape index (κ1) is 19.6. The van der Waals surface area contributed by atoms with Crippen molar-refractivity contribution in [3.63, 3.8) is 0 Å². The van der Waals surface area contributed by atoms with Crippen LogP contribution in [0.2, 0.25) is 0 Å². The molecule has 0 radical (unpaired) electrons. The van der Waals surface area contributed by atoms with Gasteiger partial charge in [-0.25, -0.2) is 5.84 Å². The molecule has 0 atom stereocenters. The standard InChI is InChI=1S/C16H16F3NO2.CH4N2O/c1-20-14-4-2-3-13(10-5-6-10)15(14)22-9-12-7-11(8-21-12)16(17,18)19;2-3-1-4/h2-4,7-8,10,20H,5-6,9H2,1H3;1H,2H2,(H,3,4). The molecule has 6 nitrogen and oxygen atoms in total. The molecule has 1 aromatic carbocycles. The Balaban J connectivity index is 0.000000552. The summed E-state index contributed by atoms with van der Waals surface area (Å²) in [6, 6.07) is 6.79. The lowest BCUT2D eigenvalue weighted by atomic mass is 10.1. The Labute approximate surface area is 148 Å². The van der Waals surface area contributed by atoms with Gasteiger partial charge in [0.1, 0.15) is 24.4 Å². The highest BCUT2D eigenvalue weighted by Crippen LogP contribution is 2.46. The predicted octanol–water partition coefficient (Wildman–Crippen LogP) is 3.40. The van der Waals surface area contributed by atoms with Crippen LogP contribution >= 0.6 is 0 Å². The number of benzene rings is 1. The molecule has 1 aromatic heterocycles. The number of rotatable bonds is 6. The minimum atomic E-state index is -4.40. The van der Waals surface area contributed by atoms with Gasteiger partial charge >= 0.3 is 6.18 Å². The van der Waals surface area contributed by atoms with Crippen molar-refractivity contribution in [3.8, 4) is 5.75 Å². The van der Waals surface area contributed by atoms with Gasteiger partial charge < -0.3 is 14.5 Å². The van der Waals surface area contributed by atoms with E-state index in [2.05, 4.69) is 11.2 Å². The van der Waals surface area contributed by atoms with E-state index in [1.807, 2.05) is 18.2 Å². The van der Waals surface area contributed by atoms with Crippen LogP contribution in [-0.2, 0) is 17.6 Å². The largest absolute Gasteiger partial charge is 0.483 e. The molecule has 26 heavy (non-hydrogen) atoms. The molecule has 0 bridgehead atoms. The van der Waals surface area contributed by atoms with Crippen molar-refractivity contribution >= 4 is 12.1 Å². The topological polar surface area (TPSA) is 89.5 Å². The van der Waals surface area contributed by atoms with Gasteiger partial charge in [-0.05, 0) is 36.5 Å². The summed E-state index contributed by atoms with van der Waals surface area (Å²) in [5, 5.41) is 3.05. The van der Waals surface area contributed by atoms with Crippen LogP contribution in [0.25, 0.3) is 0 Å². The Morgan fingerprint density at radius 1 is 1.38 bits per heavy atom. The Hall–Kier alpha value is -2.68. The Morgan fingerprint density at radius 3 is 2.58 bits per heavy atom. The molecule has 142 valence electrons. The fourth-order valence-electron chi connectivity index (χ4n) is 2.38. The molecule has 0 spiro atoms. The maximum absolute atomic E-state index is 12.6. The predicted molar refractivity (Wildman–Crippen MR) is 89.4 cm³/mol. The molecule has 1 saturated carbocycles. The third kappa shape index (κ3) is 5.16. The number of furan rings is 1. The number of carbonyl (C=O) groups is 1. The maximum atomic E-state index is 12.6. The molecule has 1 fully saturated rings. The summed E-state index contributed by atoms with van der Waals surface area (Å²) in [5.41, 5.74) is 2.87. The van der Waals surface area contributed by atoms with E-state index in [1.165, 1.54) is 0 Å². The zero-order chi connectivity index (χ0) is 19.2. The molecule has 0 aliphatic heterocycles. The van der Waals surface area contributed by atoms with E-state index in [9.17, 15) is 13.2 Å². The molecule has 3 rings (SSSR count). The summed E-state index contributed by atoms with van der Waals surface area (Å²) in [6.45, 7) is -0.0332. The summed E-state index contributed by atoms with van der Waals surface area (Å²) >= 11 is 0. The fourth-order valence-corrected chi connectivity index (χ4v) is 2.38. The van der Waals surface area contributed by atoms with E-state index in [1.54, 1.807) is 12.5 Å². The minimum Gasteiger partial charge on any atom is -0.483 e. The first-order valence-electron chi connectivity index (χ1n) is 7.88. The lowest BCUT2D eigenvalue weighted by Gasteiger charge is -2.14. The number of alkyl halides is 3. The third-order valence-corrected chi connectivity index (χ3v) is 3.74. The van der Waals surface area contributed by atoms with Crippen LogP contribution in [0.1, 0.15) is 35.6 Å². The van der Waals surface area contributed by atoms with Crippen LogP contribution in [0.5, 0.6) is 5.75 Å². The van der Waals surface area contributed by atoms with E-state index >= 15 is 0 Å². The normalized spacial score (nSPS) is 13.4.